The van der Waals surface area contributed by atoms with Crippen LogP contribution in [0.15, 0.2) is 23.1 Å². The topological polar surface area (TPSA) is 75.2 Å². The average Bonchev–Trinajstić information content (AvgIpc) is 3.20. The molecule has 1 aromatic heterocycles. The second-order valence-electron chi connectivity index (χ2n) is 5.90. The van der Waals surface area contributed by atoms with Gasteiger partial charge in [0.15, 0.2) is 0 Å². The molecule has 9 heteroatoms. The Morgan fingerprint density at radius 1 is 1.27 bits per heavy atom. The van der Waals surface area contributed by atoms with E-state index in [0.717, 1.165) is 37.7 Å². The molecule has 2 aliphatic heterocycles. The predicted octanol–water partition coefficient (Wildman–Crippen LogP) is 1.49. The predicted molar refractivity (Wildman–Crippen MR) is 88.0 cm³/mol. The summed E-state index contributed by atoms with van der Waals surface area (Å²) in [5.74, 6) is 0. The lowest BCUT2D eigenvalue weighted by Gasteiger charge is -2.22. The first kappa shape index (κ1) is 16.1. The number of hydrogen-bond donors (Lipinski definition) is 1. The van der Waals surface area contributed by atoms with Gasteiger partial charge in [0.1, 0.15) is 15.9 Å². The summed E-state index contributed by atoms with van der Waals surface area (Å²) < 4.78 is 35.8. The van der Waals surface area contributed by atoms with Gasteiger partial charge >= 0.3 is 0 Å². The number of halogens is 1. The molecule has 1 atom stereocenters. The second kappa shape index (κ2) is 5.68. The molecule has 2 aliphatic rings. The van der Waals surface area contributed by atoms with Crippen LogP contribution in [0, 0.1) is 5.41 Å². The van der Waals surface area contributed by atoms with Gasteiger partial charge in [-0.15, -0.1) is 12.4 Å². The average molecular weight is 361 g/mol. The summed E-state index contributed by atoms with van der Waals surface area (Å²) in [7, 11) is -3.49. The van der Waals surface area contributed by atoms with Gasteiger partial charge in [-0.1, -0.05) is 6.07 Å². The van der Waals surface area contributed by atoms with Gasteiger partial charge in [-0.3, -0.25) is 0 Å². The van der Waals surface area contributed by atoms with Crippen LogP contribution in [0.3, 0.4) is 0 Å². The zero-order chi connectivity index (χ0) is 14.5. The Morgan fingerprint density at radius 3 is 2.91 bits per heavy atom. The molecule has 1 N–H and O–H groups in total. The first-order valence-electron chi connectivity index (χ1n) is 7.03. The summed E-state index contributed by atoms with van der Waals surface area (Å²) in [5, 5.41) is 3.35. The SMILES string of the molecule is Cl.O=S(=O)(c1cccc2nsnc12)N1CCC2(CCNC2)C1. The van der Waals surface area contributed by atoms with Gasteiger partial charge in [-0.2, -0.15) is 13.1 Å². The maximum Gasteiger partial charge on any atom is 0.245 e. The first-order chi connectivity index (χ1) is 10.1. The van der Waals surface area contributed by atoms with Gasteiger partial charge in [-0.05, 0) is 36.9 Å². The Balaban J connectivity index is 0.00000144. The molecule has 1 aromatic carbocycles. The number of sulfonamides is 1. The van der Waals surface area contributed by atoms with Crippen molar-refractivity contribution in [1.29, 1.82) is 0 Å². The molecule has 22 heavy (non-hydrogen) atoms. The number of nitrogens with one attached hydrogen (secondary N) is 1. The van der Waals surface area contributed by atoms with Crippen LogP contribution >= 0.6 is 24.1 Å². The lowest BCUT2D eigenvalue weighted by Crippen LogP contribution is -2.33. The molecule has 2 fully saturated rings. The van der Waals surface area contributed by atoms with Crippen molar-refractivity contribution in [3.05, 3.63) is 18.2 Å². The maximum atomic E-state index is 12.9. The first-order valence-corrected chi connectivity index (χ1v) is 9.20. The highest BCUT2D eigenvalue weighted by atomic mass is 35.5. The lowest BCUT2D eigenvalue weighted by molar-refractivity contribution is 0.338. The summed E-state index contributed by atoms with van der Waals surface area (Å²) in [6, 6.07) is 5.17. The third-order valence-electron chi connectivity index (χ3n) is 4.60. The lowest BCUT2D eigenvalue weighted by atomic mass is 9.87. The Hall–Kier alpha value is -0.800. The van der Waals surface area contributed by atoms with Crippen molar-refractivity contribution in [1.82, 2.24) is 18.4 Å². The minimum atomic E-state index is -3.49. The summed E-state index contributed by atoms with van der Waals surface area (Å²) >= 11 is 1.05. The van der Waals surface area contributed by atoms with Crippen molar-refractivity contribution in [2.75, 3.05) is 26.2 Å². The van der Waals surface area contributed by atoms with Crippen molar-refractivity contribution >= 4 is 45.2 Å². The number of nitrogens with zero attached hydrogens (tertiary/aromatic N) is 3. The number of hydrogen-bond acceptors (Lipinski definition) is 6. The molecule has 1 unspecified atom stereocenters. The van der Waals surface area contributed by atoms with E-state index >= 15 is 0 Å². The highest BCUT2D eigenvalue weighted by Crippen LogP contribution is 2.39. The Morgan fingerprint density at radius 2 is 2.14 bits per heavy atom. The minimum Gasteiger partial charge on any atom is -0.316 e. The minimum absolute atomic E-state index is 0. The van der Waals surface area contributed by atoms with Crippen molar-refractivity contribution in [2.45, 2.75) is 17.7 Å². The van der Waals surface area contributed by atoms with E-state index in [4.69, 9.17) is 0 Å². The zero-order valence-corrected chi connectivity index (χ0v) is 14.3. The maximum absolute atomic E-state index is 12.9. The molecular formula is C13H17ClN4O2S2. The molecule has 0 saturated carbocycles. The van der Waals surface area contributed by atoms with Crippen LogP contribution in [-0.4, -0.2) is 47.6 Å². The molecule has 2 saturated heterocycles. The smallest absolute Gasteiger partial charge is 0.245 e. The molecule has 1 spiro atoms. The van der Waals surface area contributed by atoms with E-state index in [0.29, 0.717) is 24.1 Å². The monoisotopic (exact) mass is 360 g/mol. The van der Waals surface area contributed by atoms with Gasteiger partial charge in [0.25, 0.3) is 0 Å². The Kier molecular flexibility index (Phi) is 4.15. The van der Waals surface area contributed by atoms with Crippen LogP contribution in [0.1, 0.15) is 12.8 Å². The second-order valence-corrected chi connectivity index (χ2v) is 8.34. The van der Waals surface area contributed by atoms with Crippen LogP contribution in [0.5, 0.6) is 0 Å². The van der Waals surface area contributed by atoms with Gasteiger partial charge in [0.05, 0.1) is 11.7 Å². The van der Waals surface area contributed by atoms with E-state index in [1.54, 1.807) is 22.5 Å². The largest absolute Gasteiger partial charge is 0.316 e. The highest BCUT2D eigenvalue weighted by molar-refractivity contribution is 7.89. The summed E-state index contributed by atoms with van der Waals surface area (Å²) in [6.07, 6.45) is 1.99. The van der Waals surface area contributed by atoms with E-state index < -0.39 is 10.0 Å². The number of benzene rings is 1. The van der Waals surface area contributed by atoms with E-state index in [1.165, 1.54) is 0 Å². The van der Waals surface area contributed by atoms with Crippen molar-refractivity contribution in [2.24, 2.45) is 5.41 Å². The van der Waals surface area contributed by atoms with Gasteiger partial charge in [-0.25, -0.2) is 8.42 Å². The Bertz CT molecular complexity index is 786. The number of aromatic nitrogens is 2. The fourth-order valence-electron chi connectivity index (χ4n) is 3.37. The summed E-state index contributed by atoms with van der Waals surface area (Å²) in [6.45, 7) is 3.11. The standard InChI is InChI=1S/C13H16N4O2S2.ClH/c18-21(19,11-3-1-2-10-12(11)16-20-15-10)17-7-5-13(9-17)4-6-14-8-13;/h1-3,14H,4-9H2;1H. The summed E-state index contributed by atoms with van der Waals surface area (Å²) in [4.78, 5) is 0.289. The molecule has 4 rings (SSSR count). The molecule has 6 nitrogen and oxygen atoms in total. The van der Waals surface area contributed by atoms with Crippen LogP contribution in [0.4, 0.5) is 0 Å². The Labute approximate surface area is 139 Å². The quantitative estimate of drug-likeness (QED) is 0.878. The summed E-state index contributed by atoms with van der Waals surface area (Å²) in [5.41, 5.74) is 1.27. The van der Waals surface area contributed by atoms with Crippen molar-refractivity contribution in [3.63, 3.8) is 0 Å². The van der Waals surface area contributed by atoms with Crippen LogP contribution in [0.25, 0.3) is 11.0 Å². The molecule has 0 amide bonds. The van der Waals surface area contributed by atoms with E-state index in [2.05, 4.69) is 14.1 Å². The van der Waals surface area contributed by atoms with Crippen molar-refractivity contribution < 1.29 is 8.42 Å². The van der Waals surface area contributed by atoms with Crippen LogP contribution < -0.4 is 5.32 Å². The van der Waals surface area contributed by atoms with Crippen LogP contribution in [0.2, 0.25) is 0 Å². The molecule has 0 aliphatic carbocycles. The van der Waals surface area contributed by atoms with Gasteiger partial charge in [0.2, 0.25) is 10.0 Å². The van der Waals surface area contributed by atoms with Crippen molar-refractivity contribution in [3.8, 4) is 0 Å². The van der Waals surface area contributed by atoms with Gasteiger partial charge < -0.3 is 5.32 Å². The van der Waals surface area contributed by atoms with E-state index in [-0.39, 0.29) is 22.7 Å². The van der Waals surface area contributed by atoms with Crippen LogP contribution in [-0.2, 0) is 10.0 Å². The third-order valence-corrected chi connectivity index (χ3v) is 7.02. The highest BCUT2D eigenvalue weighted by Gasteiger charge is 2.44. The molecule has 120 valence electrons. The van der Waals surface area contributed by atoms with E-state index in [9.17, 15) is 8.42 Å². The number of fused-ring (bicyclic) bond motifs is 1. The van der Waals surface area contributed by atoms with Gasteiger partial charge in [0, 0.05) is 19.6 Å². The molecule has 0 bridgehead atoms. The zero-order valence-electron chi connectivity index (χ0n) is 11.9. The van der Waals surface area contributed by atoms with E-state index in [1.807, 2.05) is 0 Å². The molecular weight excluding hydrogens is 344 g/mol. The molecule has 0 radical (unpaired) electrons. The number of rotatable bonds is 2. The fourth-order valence-corrected chi connectivity index (χ4v) is 5.68. The molecule has 3 heterocycles. The fraction of sp³-hybridized carbons (Fsp3) is 0.538. The molecule has 2 aromatic rings. The third kappa shape index (κ3) is 2.43. The normalized spacial score (nSPS) is 25.8.